The Kier molecular flexibility index (Phi) is 11.5. The fraction of sp³-hybridized carbons (Fsp3) is 0.680. The minimum absolute atomic E-state index is 0.0617. The Morgan fingerprint density at radius 2 is 1.82 bits per heavy atom. The van der Waals surface area contributed by atoms with Crippen molar-refractivity contribution >= 4 is 23.7 Å². The summed E-state index contributed by atoms with van der Waals surface area (Å²) in [6.45, 7) is 5.70. The molecule has 0 spiro atoms. The van der Waals surface area contributed by atoms with Gasteiger partial charge in [0.1, 0.15) is 11.3 Å². The predicted molar refractivity (Wildman–Crippen MR) is 122 cm³/mol. The van der Waals surface area contributed by atoms with Crippen LogP contribution in [0.1, 0.15) is 78.6 Å². The summed E-state index contributed by atoms with van der Waals surface area (Å²) in [5.41, 5.74) is -3.04. The molecule has 3 N–H and O–H groups in total. The van der Waals surface area contributed by atoms with Crippen LogP contribution in [0.4, 0.5) is 0 Å². The van der Waals surface area contributed by atoms with Crippen LogP contribution in [0.5, 0.6) is 0 Å². The third kappa shape index (κ3) is 8.11. The first-order valence-electron chi connectivity index (χ1n) is 11.7. The lowest BCUT2D eigenvalue weighted by atomic mass is 9.72. The Morgan fingerprint density at radius 3 is 2.39 bits per heavy atom. The quantitative estimate of drug-likeness (QED) is 0.143. The van der Waals surface area contributed by atoms with E-state index in [0.717, 1.165) is 19.3 Å². The van der Waals surface area contributed by atoms with Gasteiger partial charge in [0.25, 0.3) is 0 Å². The van der Waals surface area contributed by atoms with Gasteiger partial charge in [-0.15, -0.1) is 0 Å². The zero-order chi connectivity index (χ0) is 25.1. The van der Waals surface area contributed by atoms with Crippen molar-refractivity contribution in [1.29, 1.82) is 0 Å². The van der Waals surface area contributed by atoms with Gasteiger partial charge in [0.2, 0.25) is 0 Å². The average molecular weight is 467 g/mol. The van der Waals surface area contributed by atoms with Gasteiger partial charge in [-0.2, -0.15) is 0 Å². The number of aliphatic carboxylic acids is 2. The van der Waals surface area contributed by atoms with E-state index in [1.807, 2.05) is 6.92 Å². The molecule has 1 saturated carbocycles. The molecule has 0 aromatic rings. The maximum absolute atomic E-state index is 13.0. The topological polar surface area (TPSA) is 138 Å². The van der Waals surface area contributed by atoms with Crippen LogP contribution in [-0.4, -0.2) is 51.2 Å². The average Bonchev–Trinajstić information content (AvgIpc) is 3.02. The summed E-state index contributed by atoms with van der Waals surface area (Å²) in [5, 5.41) is 30.1. The van der Waals surface area contributed by atoms with Gasteiger partial charge in [0.05, 0.1) is 12.2 Å². The molecular formula is C25H38O8. The number of unbranched alkanes of at least 4 members (excludes halogenated alkanes) is 2. The molecule has 1 aliphatic rings. The molecule has 8 nitrogen and oxygen atoms in total. The van der Waals surface area contributed by atoms with Gasteiger partial charge in [-0.05, 0) is 46.0 Å². The Hall–Kier alpha value is -2.48. The van der Waals surface area contributed by atoms with E-state index in [9.17, 15) is 34.5 Å². The van der Waals surface area contributed by atoms with Gasteiger partial charge in [-0.25, -0.2) is 0 Å². The highest BCUT2D eigenvalue weighted by Crippen LogP contribution is 2.48. The van der Waals surface area contributed by atoms with Crippen LogP contribution in [0, 0.1) is 17.3 Å². The SMILES string of the molecule is CCCCCC(C)(O)C=C[C@H]1C[C@H](C(=O)O)C(=O)C1(CCC=CCCC(=O)OCC)C(=O)O. The summed E-state index contributed by atoms with van der Waals surface area (Å²) in [6, 6.07) is 0. The highest BCUT2D eigenvalue weighted by molar-refractivity contribution is 6.13. The van der Waals surface area contributed by atoms with Crippen LogP contribution in [0.25, 0.3) is 0 Å². The van der Waals surface area contributed by atoms with E-state index in [1.54, 1.807) is 26.0 Å². The van der Waals surface area contributed by atoms with E-state index in [1.165, 1.54) is 12.2 Å². The molecule has 2 unspecified atom stereocenters. The Balaban J connectivity index is 3.01. The van der Waals surface area contributed by atoms with Gasteiger partial charge < -0.3 is 20.1 Å². The number of allylic oxidation sites excluding steroid dienone is 3. The monoisotopic (exact) mass is 466 g/mol. The van der Waals surface area contributed by atoms with Crippen molar-refractivity contribution in [3.8, 4) is 0 Å². The first-order chi connectivity index (χ1) is 15.5. The zero-order valence-electron chi connectivity index (χ0n) is 19.9. The summed E-state index contributed by atoms with van der Waals surface area (Å²) in [7, 11) is 0. The fourth-order valence-electron chi connectivity index (χ4n) is 4.31. The smallest absolute Gasteiger partial charge is 0.317 e. The van der Waals surface area contributed by atoms with E-state index < -0.39 is 40.6 Å². The Morgan fingerprint density at radius 1 is 1.15 bits per heavy atom. The van der Waals surface area contributed by atoms with Crippen molar-refractivity contribution in [3.05, 3.63) is 24.3 Å². The predicted octanol–water partition coefficient (Wildman–Crippen LogP) is 3.91. The summed E-state index contributed by atoms with van der Waals surface area (Å²) in [4.78, 5) is 48.3. The molecule has 1 rings (SSSR count). The molecule has 0 amide bonds. The van der Waals surface area contributed by atoms with Crippen molar-refractivity contribution in [2.45, 2.75) is 84.2 Å². The molecule has 0 aromatic carbocycles. The number of carboxylic acids is 2. The second-order valence-corrected chi connectivity index (χ2v) is 8.90. The minimum atomic E-state index is -1.87. The number of aliphatic hydroxyl groups is 1. The molecule has 186 valence electrons. The molecule has 0 saturated heterocycles. The second kappa shape index (κ2) is 13.3. The van der Waals surface area contributed by atoms with Crippen molar-refractivity contribution in [2.75, 3.05) is 6.61 Å². The molecule has 0 radical (unpaired) electrons. The van der Waals surface area contributed by atoms with Crippen LogP contribution in [0.2, 0.25) is 0 Å². The van der Waals surface area contributed by atoms with Crippen molar-refractivity contribution in [1.82, 2.24) is 0 Å². The van der Waals surface area contributed by atoms with E-state index in [4.69, 9.17) is 4.74 Å². The Bertz CT molecular complexity index is 752. The third-order valence-electron chi connectivity index (χ3n) is 6.23. The molecule has 33 heavy (non-hydrogen) atoms. The number of carbonyl (C=O) groups excluding carboxylic acids is 2. The lowest BCUT2D eigenvalue weighted by Crippen LogP contribution is -2.42. The molecule has 0 bridgehead atoms. The normalized spacial score (nSPS) is 24.9. The first-order valence-corrected chi connectivity index (χ1v) is 11.7. The van der Waals surface area contributed by atoms with Crippen LogP contribution in [-0.2, 0) is 23.9 Å². The molecular weight excluding hydrogens is 428 g/mol. The van der Waals surface area contributed by atoms with E-state index in [0.29, 0.717) is 19.4 Å². The molecule has 4 atom stereocenters. The van der Waals surface area contributed by atoms with Gasteiger partial charge in [0.15, 0.2) is 5.78 Å². The van der Waals surface area contributed by atoms with E-state index >= 15 is 0 Å². The van der Waals surface area contributed by atoms with Crippen molar-refractivity contribution in [2.24, 2.45) is 17.3 Å². The maximum atomic E-state index is 13.0. The van der Waals surface area contributed by atoms with E-state index in [2.05, 4.69) is 0 Å². The molecule has 1 aliphatic carbocycles. The molecule has 1 fully saturated rings. The summed E-state index contributed by atoms with van der Waals surface area (Å²) in [5.74, 6) is -6.04. The highest BCUT2D eigenvalue weighted by atomic mass is 16.5. The lowest BCUT2D eigenvalue weighted by Gasteiger charge is -2.28. The standard InChI is InChI=1S/C25H38O8/c1-4-6-10-14-24(3,32)16-13-18-17-19(22(28)29)21(27)25(18,23(30)31)15-11-8-7-9-12-20(26)33-5-2/h7-8,13,16,18-19,32H,4-6,9-12,14-15,17H2,1-3H3,(H,28,29)(H,30,31)/t18-,19-,24?,25?/m0/s1. The molecule has 0 heterocycles. The summed E-state index contributed by atoms with van der Waals surface area (Å²) >= 11 is 0. The molecule has 0 aromatic heterocycles. The van der Waals surface area contributed by atoms with Crippen LogP contribution in [0.15, 0.2) is 24.3 Å². The largest absolute Gasteiger partial charge is 0.481 e. The number of esters is 1. The summed E-state index contributed by atoms with van der Waals surface area (Å²) < 4.78 is 4.85. The highest BCUT2D eigenvalue weighted by Gasteiger charge is 2.60. The number of carbonyl (C=O) groups is 4. The zero-order valence-corrected chi connectivity index (χ0v) is 19.9. The van der Waals surface area contributed by atoms with E-state index in [-0.39, 0.29) is 31.7 Å². The molecule has 8 heteroatoms. The third-order valence-corrected chi connectivity index (χ3v) is 6.23. The number of ether oxygens (including phenoxy) is 1. The van der Waals surface area contributed by atoms with Crippen LogP contribution < -0.4 is 0 Å². The number of Topliss-reactive ketones (excluding diaryl/α,β-unsaturated/α-hetero) is 1. The lowest BCUT2D eigenvalue weighted by molar-refractivity contribution is -0.157. The van der Waals surface area contributed by atoms with Gasteiger partial charge in [-0.3, -0.25) is 19.2 Å². The molecule has 0 aliphatic heterocycles. The number of hydrogen-bond acceptors (Lipinski definition) is 6. The van der Waals surface area contributed by atoms with Gasteiger partial charge in [-0.1, -0.05) is 50.5 Å². The number of carboxylic acid groups (broad SMARTS) is 2. The Labute approximate surface area is 195 Å². The first kappa shape index (κ1) is 28.6. The fourth-order valence-corrected chi connectivity index (χ4v) is 4.31. The number of hydrogen-bond donors (Lipinski definition) is 3. The van der Waals surface area contributed by atoms with Crippen LogP contribution >= 0.6 is 0 Å². The number of ketones is 1. The van der Waals surface area contributed by atoms with Crippen molar-refractivity contribution in [3.63, 3.8) is 0 Å². The van der Waals surface area contributed by atoms with Gasteiger partial charge >= 0.3 is 17.9 Å². The maximum Gasteiger partial charge on any atom is 0.317 e. The number of rotatable bonds is 15. The van der Waals surface area contributed by atoms with Crippen molar-refractivity contribution < 1.29 is 39.2 Å². The minimum Gasteiger partial charge on any atom is -0.481 e. The second-order valence-electron chi connectivity index (χ2n) is 8.90. The summed E-state index contributed by atoms with van der Waals surface area (Å²) in [6.07, 6.45) is 10.4. The van der Waals surface area contributed by atoms with Crippen LogP contribution in [0.3, 0.4) is 0 Å². The van der Waals surface area contributed by atoms with Gasteiger partial charge in [0, 0.05) is 12.3 Å².